The van der Waals surface area contributed by atoms with Crippen LogP contribution in [0.2, 0.25) is 0 Å². The fourth-order valence-corrected chi connectivity index (χ4v) is 4.64. The molecule has 6 rings (SSSR count). The molecule has 0 saturated carbocycles. The van der Waals surface area contributed by atoms with E-state index in [-0.39, 0.29) is 16.9 Å². The summed E-state index contributed by atoms with van der Waals surface area (Å²) in [5, 5.41) is 7.58. The zero-order valence-corrected chi connectivity index (χ0v) is 21.5. The Balaban J connectivity index is 1.47. The molecule has 0 fully saturated rings. The second kappa shape index (κ2) is 10.3. The lowest BCUT2D eigenvalue weighted by Gasteiger charge is -2.20. The first kappa shape index (κ1) is 24.7. The van der Waals surface area contributed by atoms with Gasteiger partial charge in [-0.05, 0) is 48.4 Å². The molecule has 4 heterocycles. The van der Waals surface area contributed by atoms with Gasteiger partial charge in [0.15, 0.2) is 11.5 Å². The third-order valence-corrected chi connectivity index (χ3v) is 6.49. The molecule has 0 bridgehead atoms. The number of para-hydroxylation sites is 1. The third kappa shape index (κ3) is 4.47. The molecule has 10 nitrogen and oxygen atoms in total. The number of pyridine rings is 1. The molecule has 0 aliphatic carbocycles. The van der Waals surface area contributed by atoms with Crippen molar-refractivity contribution in [3.63, 3.8) is 0 Å². The first-order valence-electron chi connectivity index (χ1n) is 12.6. The molecule has 0 spiro atoms. The number of fused-ring (bicyclic) bond motifs is 2. The SMILES string of the molecule is C[C@H](NC(=O)c1c(N)nn2cccnc12)c1nc2cccc(/C=C/c3cccnc3)c2c(=O)n1-c1ccccc1. The maximum atomic E-state index is 14.2. The first-order chi connectivity index (χ1) is 19.5. The van der Waals surface area contributed by atoms with Crippen molar-refractivity contribution < 1.29 is 4.79 Å². The van der Waals surface area contributed by atoms with Gasteiger partial charge in [-0.3, -0.25) is 19.1 Å². The van der Waals surface area contributed by atoms with E-state index >= 15 is 0 Å². The zero-order valence-electron chi connectivity index (χ0n) is 21.5. The van der Waals surface area contributed by atoms with Crippen LogP contribution in [0.3, 0.4) is 0 Å². The largest absolute Gasteiger partial charge is 0.381 e. The second-order valence-corrected chi connectivity index (χ2v) is 9.15. The van der Waals surface area contributed by atoms with Gasteiger partial charge >= 0.3 is 0 Å². The average molecular weight is 529 g/mol. The minimum absolute atomic E-state index is 0.0559. The van der Waals surface area contributed by atoms with Crippen LogP contribution in [0.5, 0.6) is 0 Å². The number of hydrogen-bond acceptors (Lipinski definition) is 7. The van der Waals surface area contributed by atoms with Gasteiger partial charge < -0.3 is 11.1 Å². The van der Waals surface area contributed by atoms with Crippen molar-refractivity contribution in [3.05, 3.63) is 124 Å². The van der Waals surface area contributed by atoms with Crippen molar-refractivity contribution in [2.24, 2.45) is 0 Å². The standard InChI is InChI=1S/C30H24N8O2/c1-19(34-29(39)25-26(31)36-37-17-7-16-33-28(25)37)27-35-23-12-5-9-21(14-13-20-8-6-15-32-18-20)24(23)30(40)38(27)22-10-3-2-4-11-22/h2-19H,1H3,(H2,31,36)(H,34,39)/b14-13+/t19-/m0/s1. The van der Waals surface area contributed by atoms with Crippen LogP contribution in [0.1, 0.15) is 40.3 Å². The number of rotatable bonds is 6. The number of carbonyl (C=O) groups excluding carboxylic acids is 1. The van der Waals surface area contributed by atoms with Crippen LogP contribution < -0.4 is 16.6 Å². The smallest absolute Gasteiger partial charge is 0.266 e. The summed E-state index contributed by atoms with van der Waals surface area (Å²) >= 11 is 0. The average Bonchev–Trinajstić information content (AvgIpc) is 3.32. The summed E-state index contributed by atoms with van der Waals surface area (Å²) in [4.78, 5) is 40.8. The molecule has 0 saturated heterocycles. The third-order valence-electron chi connectivity index (χ3n) is 6.49. The Morgan fingerprint density at radius 2 is 1.85 bits per heavy atom. The van der Waals surface area contributed by atoms with Crippen LogP contribution in [0.4, 0.5) is 5.82 Å². The van der Waals surface area contributed by atoms with Gasteiger partial charge in [-0.2, -0.15) is 0 Å². The number of aromatic nitrogens is 6. The Hall–Kier alpha value is -5.64. The van der Waals surface area contributed by atoms with Gasteiger partial charge in [-0.1, -0.05) is 48.6 Å². The highest BCUT2D eigenvalue weighted by molar-refractivity contribution is 6.04. The molecule has 10 heteroatoms. The molecule has 0 radical (unpaired) electrons. The molecule has 0 unspecified atom stereocenters. The number of nitrogens with one attached hydrogen (secondary N) is 1. The number of nitrogen functional groups attached to an aromatic ring is 1. The van der Waals surface area contributed by atoms with Gasteiger partial charge in [0.1, 0.15) is 11.4 Å². The van der Waals surface area contributed by atoms with Crippen LogP contribution in [0.25, 0.3) is 34.4 Å². The first-order valence-corrected chi connectivity index (χ1v) is 12.6. The summed E-state index contributed by atoms with van der Waals surface area (Å²) in [6.07, 6.45) is 10.5. The van der Waals surface area contributed by atoms with Crippen molar-refractivity contribution in [1.29, 1.82) is 0 Å². The molecule has 4 aromatic heterocycles. The number of benzene rings is 2. The highest BCUT2D eigenvalue weighted by Crippen LogP contribution is 2.23. The Kier molecular flexibility index (Phi) is 6.33. The molecule has 2 aromatic carbocycles. The van der Waals surface area contributed by atoms with Gasteiger partial charge in [0, 0.05) is 24.8 Å². The number of carbonyl (C=O) groups is 1. The number of nitrogens with two attached hydrogens (primary N) is 1. The van der Waals surface area contributed by atoms with E-state index in [4.69, 9.17) is 10.7 Å². The van der Waals surface area contributed by atoms with Gasteiger partial charge in [0.05, 0.1) is 22.6 Å². The van der Waals surface area contributed by atoms with E-state index in [1.54, 1.807) is 43.8 Å². The topological polar surface area (TPSA) is 133 Å². The lowest BCUT2D eigenvalue weighted by atomic mass is 10.1. The van der Waals surface area contributed by atoms with Gasteiger partial charge in [-0.25, -0.2) is 14.5 Å². The fraction of sp³-hybridized carbons (Fsp3) is 0.0667. The van der Waals surface area contributed by atoms with Crippen LogP contribution in [0, 0.1) is 0 Å². The van der Waals surface area contributed by atoms with E-state index in [9.17, 15) is 9.59 Å². The summed E-state index contributed by atoms with van der Waals surface area (Å²) in [5.74, 6) is -0.0466. The molecule has 0 aliphatic heterocycles. The molecule has 1 amide bonds. The Labute approximate surface area is 228 Å². The highest BCUT2D eigenvalue weighted by atomic mass is 16.2. The van der Waals surface area contributed by atoms with Crippen LogP contribution in [0.15, 0.2) is 96.3 Å². The van der Waals surface area contributed by atoms with Crippen molar-refractivity contribution in [1.82, 2.24) is 34.4 Å². The second-order valence-electron chi connectivity index (χ2n) is 9.15. The van der Waals surface area contributed by atoms with Gasteiger partial charge in [-0.15, -0.1) is 5.10 Å². The number of nitrogens with zero attached hydrogens (tertiary/aromatic N) is 6. The predicted octanol–water partition coefficient (Wildman–Crippen LogP) is 4.07. The summed E-state index contributed by atoms with van der Waals surface area (Å²) in [5.41, 5.74) is 9.07. The summed E-state index contributed by atoms with van der Waals surface area (Å²) in [6.45, 7) is 1.77. The van der Waals surface area contributed by atoms with E-state index in [0.717, 1.165) is 11.1 Å². The minimum atomic E-state index is -0.669. The van der Waals surface area contributed by atoms with E-state index in [0.29, 0.717) is 28.1 Å². The molecule has 3 N–H and O–H groups in total. The fourth-order valence-electron chi connectivity index (χ4n) is 4.64. The van der Waals surface area contributed by atoms with Crippen LogP contribution >= 0.6 is 0 Å². The van der Waals surface area contributed by atoms with Gasteiger partial charge in [0.2, 0.25) is 0 Å². The maximum absolute atomic E-state index is 14.2. The number of hydrogen-bond donors (Lipinski definition) is 2. The monoisotopic (exact) mass is 528 g/mol. The lowest BCUT2D eigenvalue weighted by Crippen LogP contribution is -2.33. The zero-order chi connectivity index (χ0) is 27.6. The van der Waals surface area contributed by atoms with Crippen molar-refractivity contribution in [2.45, 2.75) is 13.0 Å². The molecular formula is C30H24N8O2. The van der Waals surface area contributed by atoms with E-state index in [1.807, 2.05) is 66.7 Å². The number of amides is 1. The molecule has 0 aliphatic rings. The summed E-state index contributed by atoms with van der Waals surface area (Å²) < 4.78 is 2.98. The van der Waals surface area contributed by atoms with Crippen LogP contribution in [-0.2, 0) is 0 Å². The number of anilines is 1. The van der Waals surface area contributed by atoms with E-state index in [2.05, 4.69) is 20.4 Å². The minimum Gasteiger partial charge on any atom is -0.381 e. The highest BCUT2D eigenvalue weighted by Gasteiger charge is 2.24. The van der Waals surface area contributed by atoms with Gasteiger partial charge in [0.25, 0.3) is 11.5 Å². The summed E-state index contributed by atoms with van der Waals surface area (Å²) in [6, 6.07) is 19.5. The van der Waals surface area contributed by atoms with E-state index in [1.165, 1.54) is 9.08 Å². The molecule has 1 atom stereocenters. The predicted molar refractivity (Wildman–Crippen MR) is 154 cm³/mol. The van der Waals surface area contributed by atoms with Crippen molar-refractivity contribution in [2.75, 3.05) is 5.73 Å². The summed E-state index contributed by atoms with van der Waals surface area (Å²) in [7, 11) is 0. The van der Waals surface area contributed by atoms with Crippen molar-refractivity contribution >= 4 is 40.4 Å². The lowest BCUT2D eigenvalue weighted by molar-refractivity contribution is 0.0940. The Morgan fingerprint density at radius 3 is 2.65 bits per heavy atom. The Morgan fingerprint density at radius 1 is 1.00 bits per heavy atom. The van der Waals surface area contributed by atoms with Crippen molar-refractivity contribution in [3.8, 4) is 5.69 Å². The molecule has 6 aromatic rings. The molecular weight excluding hydrogens is 504 g/mol. The normalized spacial score (nSPS) is 12.2. The maximum Gasteiger partial charge on any atom is 0.266 e. The van der Waals surface area contributed by atoms with E-state index < -0.39 is 11.9 Å². The van der Waals surface area contributed by atoms with Crippen LogP contribution in [-0.4, -0.2) is 35.0 Å². The molecule has 40 heavy (non-hydrogen) atoms. The quantitative estimate of drug-likeness (QED) is 0.333. The Bertz CT molecular complexity index is 1950. The molecule has 196 valence electrons.